The second-order valence-electron chi connectivity index (χ2n) is 3.63. The quantitative estimate of drug-likeness (QED) is 0.862. The lowest BCUT2D eigenvalue weighted by Gasteiger charge is -2.02. The Labute approximate surface area is 113 Å². The summed E-state index contributed by atoms with van der Waals surface area (Å²) in [7, 11) is 0. The number of hydrogen-bond donors (Lipinski definition) is 1. The van der Waals surface area contributed by atoms with Crippen molar-refractivity contribution in [2.75, 3.05) is 0 Å². The van der Waals surface area contributed by atoms with E-state index in [0.717, 1.165) is 34.8 Å². The molecule has 1 N–H and O–H groups in total. The van der Waals surface area contributed by atoms with Crippen LogP contribution in [-0.4, -0.2) is 9.97 Å². The lowest BCUT2D eigenvalue weighted by Crippen LogP contribution is -2.13. The van der Waals surface area contributed by atoms with Crippen molar-refractivity contribution in [3.8, 4) is 0 Å². The van der Waals surface area contributed by atoms with Crippen molar-refractivity contribution in [2.45, 2.75) is 26.4 Å². The fourth-order valence-corrected chi connectivity index (χ4v) is 2.65. The Bertz CT molecular complexity index is 484. The van der Waals surface area contributed by atoms with E-state index in [9.17, 15) is 0 Å². The monoisotopic (exact) mass is 311 g/mol. The van der Waals surface area contributed by atoms with Gasteiger partial charge in [0, 0.05) is 24.2 Å². The Morgan fingerprint density at radius 1 is 1.35 bits per heavy atom. The molecule has 2 heterocycles. The van der Waals surface area contributed by atoms with Crippen LogP contribution in [0.2, 0.25) is 0 Å². The number of aromatic nitrogens is 2. The molecule has 0 radical (unpaired) electrons. The largest absolute Gasteiger partial charge is 0.305 e. The average Bonchev–Trinajstić information content (AvgIpc) is 2.77. The fourth-order valence-electron chi connectivity index (χ4n) is 1.44. The standard InChI is InChI=1S/C12H14BrN3S/c1-2-10-7-15-12(17-10)8-14-6-9-4-3-5-11(13)16-9/h3-5,7,14H,2,6,8H2,1H3. The first-order valence-corrected chi connectivity index (χ1v) is 7.14. The van der Waals surface area contributed by atoms with Gasteiger partial charge in [-0.1, -0.05) is 13.0 Å². The first-order chi connectivity index (χ1) is 8.28. The van der Waals surface area contributed by atoms with Crippen LogP contribution in [0.1, 0.15) is 22.5 Å². The van der Waals surface area contributed by atoms with Crippen molar-refractivity contribution in [3.05, 3.63) is 44.6 Å². The van der Waals surface area contributed by atoms with Crippen LogP contribution in [0, 0.1) is 0 Å². The molecular weight excluding hydrogens is 298 g/mol. The molecule has 0 bridgehead atoms. The summed E-state index contributed by atoms with van der Waals surface area (Å²) in [6, 6.07) is 5.93. The molecule has 0 aromatic carbocycles. The molecule has 5 heteroatoms. The number of pyridine rings is 1. The van der Waals surface area contributed by atoms with E-state index in [1.165, 1.54) is 4.88 Å². The summed E-state index contributed by atoms with van der Waals surface area (Å²) in [6.07, 6.45) is 3.02. The van der Waals surface area contributed by atoms with Crippen molar-refractivity contribution in [2.24, 2.45) is 0 Å². The van der Waals surface area contributed by atoms with E-state index in [4.69, 9.17) is 0 Å². The molecule has 17 heavy (non-hydrogen) atoms. The minimum Gasteiger partial charge on any atom is -0.305 e. The number of rotatable bonds is 5. The molecule has 2 rings (SSSR count). The molecule has 90 valence electrons. The third-order valence-corrected chi connectivity index (χ3v) is 3.89. The molecule has 2 aromatic heterocycles. The zero-order chi connectivity index (χ0) is 12.1. The molecule has 0 spiro atoms. The predicted molar refractivity (Wildman–Crippen MR) is 74.0 cm³/mol. The van der Waals surface area contributed by atoms with E-state index in [0.29, 0.717) is 0 Å². The van der Waals surface area contributed by atoms with E-state index < -0.39 is 0 Å². The van der Waals surface area contributed by atoms with Crippen molar-refractivity contribution < 1.29 is 0 Å². The van der Waals surface area contributed by atoms with Crippen molar-refractivity contribution in [1.82, 2.24) is 15.3 Å². The minimum absolute atomic E-state index is 0.764. The van der Waals surface area contributed by atoms with Gasteiger partial charge in [0.25, 0.3) is 0 Å². The molecule has 0 aliphatic heterocycles. The smallest absolute Gasteiger partial charge is 0.107 e. The lowest BCUT2D eigenvalue weighted by atomic mass is 10.3. The molecule has 0 amide bonds. The Hall–Kier alpha value is -0.780. The number of hydrogen-bond acceptors (Lipinski definition) is 4. The van der Waals surface area contributed by atoms with Gasteiger partial charge in [0.15, 0.2) is 0 Å². The van der Waals surface area contributed by atoms with Crippen LogP contribution < -0.4 is 5.32 Å². The number of aryl methyl sites for hydroxylation is 1. The van der Waals surface area contributed by atoms with Crippen molar-refractivity contribution in [1.29, 1.82) is 0 Å². The van der Waals surface area contributed by atoms with Crippen LogP contribution in [0.4, 0.5) is 0 Å². The van der Waals surface area contributed by atoms with Gasteiger partial charge in [-0.2, -0.15) is 0 Å². The average molecular weight is 312 g/mol. The second kappa shape index (κ2) is 6.23. The summed E-state index contributed by atoms with van der Waals surface area (Å²) in [5, 5.41) is 4.48. The Balaban J connectivity index is 1.83. The van der Waals surface area contributed by atoms with E-state index >= 15 is 0 Å². The van der Waals surface area contributed by atoms with Gasteiger partial charge in [0.1, 0.15) is 9.61 Å². The molecule has 0 aliphatic carbocycles. The van der Waals surface area contributed by atoms with Gasteiger partial charge < -0.3 is 5.32 Å². The molecule has 0 fully saturated rings. The van der Waals surface area contributed by atoms with Gasteiger partial charge in [0.2, 0.25) is 0 Å². The van der Waals surface area contributed by atoms with Gasteiger partial charge in [-0.25, -0.2) is 9.97 Å². The predicted octanol–water partition coefficient (Wildman–Crippen LogP) is 3.15. The maximum atomic E-state index is 4.36. The Morgan fingerprint density at radius 3 is 2.94 bits per heavy atom. The van der Waals surface area contributed by atoms with Gasteiger partial charge in [-0.05, 0) is 34.5 Å². The van der Waals surface area contributed by atoms with Crippen LogP contribution >= 0.6 is 27.3 Å². The summed E-state index contributed by atoms with van der Waals surface area (Å²) in [4.78, 5) is 10.1. The van der Waals surface area contributed by atoms with Crippen molar-refractivity contribution >= 4 is 27.3 Å². The van der Waals surface area contributed by atoms with Crippen LogP contribution in [0.15, 0.2) is 29.0 Å². The third-order valence-electron chi connectivity index (χ3n) is 2.31. The highest BCUT2D eigenvalue weighted by Gasteiger charge is 2.00. The van der Waals surface area contributed by atoms with Gasteiger partial charge in [0.05, 0.1) is 5.69 Å². The number of halogens is 1. The maximum absolute atomic E-state index is 4.36. The highest BCUT2D eigenvalue weighted by Crippen LogP contribution is 2.13. The zero-order valence-electron chi connectivity index (χ0n) is 9.61. The summed E-state index contributed by atoms with van der Waals surface area (Å²) in [5.74, 6) is 0. The number of nitrogens with one attached hydrogen (secondary N) is 1. The van der Waals surface area contributed by atoms with Gasteiger partial charge in [-0.15, -0.1) is 11.3 Å². The fraction of sp³-hybridized carbons (Fsp3) is 0.333. The summed E-state index contributed by atoms with van der Waals surface area (Å²) in [5.41, 5.74) is 1.03. The van der Waals surface area contributed by atoms with Gasteiger partial charge in [-0.3, -0.25) is 0 Å². The van der Waals surface area contributed by atoms with Crippen LogP contribution in [0.3, 0.4) is 0 Å². The number of nitrogens with zero attached hydrogens (tertiary/aromatic N) is 2. The molecule has 0 atom stereocenters. The first-order valence-electron chi connectivity index (χ1n) is 5.53. The minimum atomic E-state index is 0.764. The highest BCUT2D eigenvalue weighted by molar-refractivity contribution is 9.10. The van der Waals surface area contributed by atoms with Crippen LogP contribution in [0.5, 0.6) is 0 Å². The Kier molecular flexibility index (Phi) is 4.65. The first kappa shape index (κ1) is 12.7. The van der Waals surface area contributed by atoms with Gasteiger partial charge >= 0.3 is 0 Å². The number of thiazole rings is 1. The normalized spacial score (nSPS) is 10.7. The molecule has 0 unspecified atom stereocenters. The topological polar surface area (TPSA) is 37.8 Å². The molecule has 0 saturated heterocycles. The van der Waals surface area contributed by atoms with Crippen LogP contribution in [-0.2, 0) is 19.5 Å². The molecule has 0 aliphatic rings. The Morgan fingerprint density at radius 2 is 2.24 bits per heavy atom. The SMILES string of the molecule is CCc1cnc(CNCc2cccc(Br)n2)s1. The van der Waals surface area contributed by atoms with E-state index in [1.54, 1.807) is 11.3 Å². The summed E-state index contributed by atoms with van der Waals surface area (Å²) < 4.78 is 0.874. The van der Waals surface area contributed by atoms with Crippen LogP contribution in [0.25, 0.3) is 0 Å². The molecule has 2 aromatic rings. The highest BCUT2D eigenvalue weighted by atomic mass is 79.9. The van der Waals surface area contributed by atoms with Crippen molar-refractivity contribution in [3.63, 3.8) is 0 Å². The van der Waals surface area contributed by atoms with E-state index in [-0.39, 0.29) is 0 Å². The second-order valence-corrected chi connectivity index (χ2v) is 5.64. The zero-order valence-corrected chi connectivity index (χ0v) is 12.0. The maximum Gasteiger partial charge on any atom is 0.107 e. The molecule has 3 nitrogen and oxygen atoms in total. The van der Waals surface area contributed by atoms with E-state index in [2.05, 4.69) is 38.1 Å². The van der Waals surface area contributed by atoms with E-state index in [1.807, 2.05) is 24.4 Å². The lowest BCUT2D eigenvalue weighted by molar-refractivity contribution is 0.675. The summed E-state index contributed by atoms with van der Waals surface area (Å²) >= 11 is 5.13. The molecular formula is C12H14BrN3S. The summed E-state index contributed by atoms with van der Waals surface area (Å²) in [6.45, 7) is 3.72. The molecule has 0 saturated carbocycles. The third kappa shape index (κ3) is 3.87.